The van der Waals surface area contributed by atoms with E-state index in [4.69, 9.17) is 0 Å². The van der Waals surface area contributed by atoms with Crippen molar-refractivity contribution in [3.63, 3.8) is 0 Å². The second kappa shape index (κ2) is 8.94. The van der Waals surface area contributed by atoms with Gasteiger partial charge in [-0.25, -0.2) is 9.36 Å². The summed E-state index contributed by atoms with van der Waals surface area (Å²) < 4.78 is 102. The summed E-state index contributed by atoms with van der Waals surface area (Å²) in [5, 5.41) is 11.2. The van der Waals surface area contributed by atoms with E-state index in [9.17, 15) is 48.8 Å². The molecule has 4 rings (SSSR count). The van der Waals surface area contributed by atoms with E-state index in [0.717, 1.165) is 36.4 Å². The number of hydrogen-bond donors (Lipinski definition) is 4. The van der Waals surface area contributed by atoms with Crippen LogP contribution in [0.1, 0.15) is 0 Å². The molecule has 0 aliphatic rings. The summed E-state index contributed by atoms with van der Waals surface area (Å²) in [7, 11) is -14.9. The van der Waals surface area contributed by atoms with E-state index in [2.05, 4.69) is 0 Å². The molecular formula is C21H16N2O11S3. The van der Waals surface area contributed by atoms with Crippen LogP contribution in [0.4, 0.5) is 0 Å². The van der Waals surface area contributed by atoms with Gasteiger partial charge in [-0.15, -0.1) is 0 Å². The minimum atomic E-state index is -4.99. The van der Waals surface area contributed by atoms with Gasteiger partial charge in [0.1, 0.15) is 20.2 Å². The van der Waals surface area contributed by atoms with E-state index in [1.807, 2.05) is 0 Å². The van der Waals surface area contributed by atoms with Crippen LogP contribution in [0.15, 0.2) is 92.3 Å². The second-order valence-corrected chi connectivity index (χ2v) is 11.7. The number of aromatic hydroxyl groups is 1. The molecule has 37 heavy (non-hydrogen) atoms. The van der Waals surface area contributed by atoms with Crippen LogP contribution < -0.4 is 5.56 Å². The highest BCUT2D eigenvalue weighted by molar-refractivity contribution is 7.86. The van der Waals surface area contributed by atoms with E-state index < -0.39 is 79.0 Å². The van der Waals surface area contributed by atoms with Crippen molar-refractivity contribution < 1.29 is 44.0 Å². The monoisotopic (exact) mass is 568 g/mol. The van der Waals surface area contributed by atoms with Gasteiger partial charge in [0.2, 0.25) is 5.88 Å². The van der Waals surface area contributed by atoms with Crippen LogP contribution in [0.5, 0.6) is 5.88 Å². The molecule has 0 saturated heterocycles. The fourth-order valence-electron chi connectivity index (χ4n) is 3.77. The molecule has 194 valence electrons. The number of nitrogens with zero attached hydrogens (tertiary/aromatic N) is 2. The van der Waals surface area contributed by atoms with Crippen molar-refractivity contribution in [2.75, 3.05) is 0 Å². The van der Waals surface area contributed by atoms with E-state index in [-0.39, 0.29) is 0 Å². The van der Waals surface area contributed by atoms with Crippen molar-refractivity contribution in [2.24, 2.45) is 0 Å². The molecule has 4 N–H and O–H groups in total. The van der Waals surface area contributed by atoms with Crippen LogP contribution in [-0.4, -0.2) is 53.4 Å². The maximum Gasteiger partial charge on any atom is 0.296 e. The maximum absolute atomic E-state index is 13.7. The molecule has 0 aliphatic carbocycles. The van der Waals surface area contributed by atoms with Gasteiger partial charge in [-0.3, -0.25) is 18.5 Å². The van der Waals surface area contributed by atoms with Gasteiger partial charge in [0.15, 0.2) is 0 Å². The summed E-state index contributed by atoms with van der Waals surface area (Å²) in [6.07, 6.45) is 0. The van der Waals surface area contributed by atoms with E-state index >= 15 is 0 Å². The first-order valence-corrected chi connectivity index (χ1v) is 14.2. The first-order valence-electron chi connectivity index (χ1n) is 9.91. The Balaban J connectivity index is 2.28. The second-order valence-electron chi connectivity index (χ2n) is 7.48. The molecule has 0 fully saturated rings. The Bertz CT molecular complexity index is 1940. The average Bonchev–Trinajstić information content (AvgIpc) is 3.07. The molecule has 0 radical (unpaired) electrons. The van der Waals surface area contributed by atoms with Crippen LogP contribution in [-0.2, 0) is 30.4 Å². The predicted molar refractivity (Wildman–Crippen MR) is 128 cm³/mol. The van der Waals surface area contributed by atoms with Crippen LogP contribution in [0.25, 0.3) is 22.5 Å². The molecule has 0 spiro atoms. The Hall–Kier alpha value is -3.80. The first-order chi connectivity index (χ1) is 17.1. The van der Waals surface area contributed by atoms with E-state index in [0.29, 0.717) is 9.36 Å². The van der Waals surface area contributed by atoms with E-state index in [1.54, 1.807) is 0 Å². The van der Waals surface area contributed by atoms with Gasteiger partial charge in [0, 0.05) is 5.56 Å². The number of aromatic nitrogens is 2. The highest BCUT2D eigenvalue weighted by Crippen LogP contribution is 2.36. The molecule has 0 aliphatic heterocycles. The normalized spacial score (nSPS) is 12.5. The fourth-order valence-corrected chi connectivity index (χ4v) is 5.80. The van der Waals surface area contributed by atoms with Gasteiger partial charge in [0.25, 0.3) is 35.9 Å². The van der Waals surface area contributed by atoms with Crippen LogP contribution >= 0.6 is 0 Å². The minimum Gasteiger partial charge on any atom is -0.493 e. The number of rotatable bonds is 6. The van der Waals surface area contributed by atoms with Crippen molar-refractivity contribution >= 4 is 30.4 Å². The molecule has 3 aromatic carbocycles. The topological polar surface area (TPSA) is 210 Å². The Morgan fingerprint density at radius 1 is 0.541 bits per heavy atom. The third-order valence-corrected chi connectivity index (χ3v) is 7.92. The molecule has 4 aromatic rings. The molecular weight excluding hydrogens is 552 g/mol. The van der Waals surface area contributed by atoms with Gasteiger partial charge in [-0.1, -0.05) is 42.5 Å². The lowest BCUT2D eigenvalue weighted by molar-refractivity contribution is 0.423. The Labute approximate surface area is 209 Å². The summed E-state index contributed by atoms with van der Waals surface area (Å²) in [5.41, 5.74) is -3.65. The summed E-state index contributed by atoms with van der Waals surface area (Å²) >= 11 is 0. The average molecular weight is 569 g/mol. The van der Waals surface area contributed by atoms with Crippen LogP contribution in [0, 0.1) is 0 Å². The van der Waals surface area contributed by atoms with Gasteiger partial charge in [-0.05, 0) is 30.3 Å². The summed E-state index contributed by atoms with van der Waals surface area (Å²) in [6, 6.07) is 13.4. The van der Waals surface area contributed by atoms with Crippen LogP contribution in [0.2, 0.25) is 0 Å². The highest BCUT2D eigenvalue weighted by Gasteiger charge is 2.31. The minimum absolute atomic E-state index is 0.471. The Kier molecular flexibility index (Phi) is 6.35. The molecule has 16 heteroatoms. The molecule has 1 heterocycles. The number of para-hydroxylation sites is 2. The molecule has 0 unspecified atom stereocenters. The van der Waals surface area contributed by atoms with Gasteiger partial charge >= 0.3 is 0 Å². The first kappa shape index (κ1) is 26.3. The molecule has 0 saturated carbocycles. The van der Waals surface area contributed by atoms with Crippen molar-refractivity contribution in [2.45, 2.75) is 14.7 Å². The van der Waals surface area contributed by atoms with Gasteiger partial charge < -0.3 is 5.11 Å². The molecule has 0 amide bonds. The third kappa shape index (κ3) is 4.68. The molecule has 0 atom stereocenters. The highest BCUT2D eigenvalue weighted by atomic mass is 32.2. The van der Waals surface area contributed by atoms with Crippen molar-refractivity contribution in [1.29, 1.82) is 0 Å². The predicted octanol–water partition coefficient (Wildman–Crippen LogP) is 1.74. The molecule has 13 nitrogen and oxygen atoms in total. The quantitative estimate of drug-likeness (QED) is 0.246. The largest absolute Gasteiger partial charge is 0.493 e. The lowest BCUT2D eigenvalue weighted by Crippen LogP contribution is -2.24. The lowest BCUT2D eigenvalue weighted by atomic mass is 10.1. The zero-order valence-electron chi connectivity index (χ0n) is 18.2. The molecule has 0 bridgehead atoms. The standard InChI is InChI=1S/C21H16N2O11S3/c24-20-19(13-7-1-4-10-16(13)35(26,27)28)21(25)23(15-9-3-6-12-18(15)37(32,33)34)22(20)14-8-2-5-11-17(14)36(29,30)31/h1-12,24H,(H,26,27,28)(H,29,30,31)(H,32,33,34). The summed E-state index contributed by atoms with van der Waals surface area (Å²) in [5.74, 6) is -1.08. The van der Waals surface area contributed by atoms with Crippen LogP contribution in [0.3, 0.4) is 0 Å². The zero-order valence-corrected chi connectivity index (χ0v) is 20.6. The number of hydrogen-bond acceptors (Lipinski definition) is 8. The van der Waals surface area contributed by atoms with Crippen molar-refractivity contribution in [1.82, 2.24) is 9.36 Å². The number of benzene rings is 3. The lowest BCUT2D eigenvalue weighted by Gasteiger charge is -2.16. The third-order valence-electron chi connectivity index (χ3n) is 5.21. The summed E-state index contributed by atoms with van der Waals surface area (Å²) in [4.78, 5) is 11.3. The Morgan fingerprint density at radius 3 is 1.38 bits per heavy atom. The Morgan fingerprint density at radius 2 is 0.919 bits per heavy atom. The van der Waals surface area contributed by atoms with Gasteiger partial charge in [0.05, 0.1) is 11.4 Å². The smallest absolute Gasteiger partial charge is 0.296 e. The van der Waals surface area contributed by atoms with E-state index in [1.165, 1.54) is 36.4 Å². The van der Waals surface area contributed by atoms with Crippen molar-refractivity contribution in [3.05, 3.63) is 83.2 Å². The SMILES string of the molecule is O=c1c(-c2ccccc2S(=O)(=O)O)c(O)n(-c2ccccc2S(=O)(=O)O)n1-c1ccccc1S(=O)(=O)O. The maximum atomic E-state index is 13.7. The fraction of sp³-hybridized carbons (Fsp3) is 0. The summed E-state index contributed by atoms with van der Waals surface area (Å²) in [6.45, 7) is 0. The van der Waals surface area contributed by atoms with Crippen molar-refractivity contribution in [3.8, 4) is 28.4 Å². The zero-order chi connectivity index (χ0) is 27.3. The molecule has 1 aromatic heterocycles. The van der Waals surface area contributed by atoms with Gasteiger partial charge in [-0.2, -0.15) is 25.3 Å².